The highest BCUT2D eigenvalue weighted by Gasteiger charge is 2.28. The van der Waals surface area contributed by atoms with Crippen molar-refractivity contribution in [2.24, 2.45) is 0 Å². The second kappa shape index (κ2) is 8.46. The van der Waals surface area contributed by atoms with Crippen LogP contribution in [-0.4, -0.2) is 48.2 Å². The highest BCUT2D eigenvalue weighted by atomic mass is 32.2. The fraction of sp³-hybridized carbons (Fsp3) is 0.400. The summed E-state index contributed by atoms with van der Waals surface area (Å²) in [5.74, 6) is -0.725. The number of carbonyl (C=O) groups excluding carboxylic acids is 1. The Labute approximate surface area is 169 Å². The Bertz CT molecular complexity index is 1040. The summed E-state index contributed by atoms with van der Waals surface area (Å²) in [4.78, 5) is 26.3. The molecular formula is C20H24FN3O4S. The van der Waals surface area contributed by atoms with Crippen molar-refractivity contribution in [2.75, 3.05) is 20.1 Å². The average Bonchev–Trinajstić information content (AvgIpc) is 3.24. The molecule has 0 spiro atoms. The maximum absolute atomic E-state index is 13.1. The van der Waals surface area contributed by atoms with Gasteiger partial charge in [0.25, 0.3) is 5.56 Å². The van der Waals surface area contributed by atoms with Gasteiger partial charge in [-0.05, 0) is 43.5 Å². The molecule has 1 aliphatic rings. The number of benzene rings is 1. The first-order chi connectivity index (χ1) is 13.7. The van der Waals surface area contributed by atoms with Crippen molar-refractivity contribution in [3.8, 4) is 0 Å². The Morgan fingerprint density at radius 1 is 1.14 bits per heavy atom. The molecule has 1 saturated heterocycles. The van der Waals surface area contributed by atoms with E-state index in [0.717, 1.165) is 23.0 Å². The minimum atomic E-state index is -3.68. The van der Waals surface area contributed by atoms with Crippen molar-refractivity contribution in [3.63, 3.8) is 0 Å². The van der Waals surface area contributed by atoms with Gasteiger partial charge in [-0.25, -0.2) is 12.8 Å². The highest BCUT2D eigenvalue weighted by molar-refractivity contribution is 7.89. The maximum atomic E-state index is 13.1. The molecule has 0 saturated carbocycles. The second-order valence-corrected chi connectivity index (χ2v) is 9.11. The number of hydrogen-bond acceptors (Lipinski definition) is 4. The van der Waals surface area contributed by atoms with Gasteiger partial charge in [0.05, 0.1) is 10.9 Å². The van der Waals surface area contributed by atoms with Crippen LogP contribution in [-0.2, 0) is 21.4 Å². The van der Waals surface area contributed by atoms with Crippen LogP contribution in [0.4, 0.5) is 4.39 Å². The zero-order chi connectivity index (χ0) is 21.2. The van der Waals surface area contributed by atoms with Gasteiger partial charge in [-0.1, -0.05) is 12.1 Å². The van der Waals surface area contributed by atoms with Crippen LogP contribution in [0.15, 0.2) is 52.3 Å². The summed E-state index contributed by atoms with van der Waals surface area (Å²) in [6.07, 6.45) is 2.84. The number of rotatable bonds is 6. The lowest BCUT2D eigenvalue weighted by molar-refractivity contribution is -0.132. The van der Waals surface area contributed by atoms with E-state index in [1.165, 1.54) is 39.7 Å². The van der Waals surface area contributed by atoms with Gasteiger partial charge >= 0.3 is 0 Å². The zero-order valence-electron chi connectivity index (χ0n) is 16.4. The zero-order valence-corrected chi connectivity index (χ0v) is 17.2. The van der Waals surface area contributed by atoms with Crippen LogP contribution in [0.25, 0.3) is 0 Å². The molecule has 2 heterocycles. The molecule has 1 atom stereocenters. The first kappa shape index (κ1) is 21.2. The van der Waals surface area contributed by atoms with Gasteiger partial charge in [0.15, 0.2) is 0 Å². The van der Waals surface area contributed by atoms with Gasteiger partial charge in [0.2, 0.25) is 15.9 Å². The molecule has 0 aliphatic carbocycles. The van der Waals surface area contributed by atoms with Gasteiger partial charge in [0.1, 0.15) is 12.4 Å². The van der Waals surface area contributed by atoms with Crippen molar-refractivity contribution in [1.29, 1.82) is 0 Å². The van der Waals surface area contributed by atoms with Crippen molar-refractivity contribution in [3.05, 3.63) is 64.3 Å². The Balaban J connectivity index is 1.79. The normalized spacial score (nSPS) is 16.0. The minimum absolute atomic E-state index is 0.000959. The van der Waals surface area contributed by atoms with E-state index in [4.69, 9.17) is 0 Å². The van der Waals surface area contributed by atoms with Gasteiger partial charge < -0.3 is 9.47 Å². The van der Waals surface area contributed by atoms with E-state index in [1.54, 1.807) is 26.1 Å². The van der Waals surface area contributed by atoms with Crippen LogP contribution in [0.3, 0.4) is 0 Å². The smallest absolute Gasteiger partial charge is 0.251 e. The number of likely N-dealkylation sites (N-methyl/N-ethyl adjacent to an activating group) is 1. The predicted octanol–water partition coefficient (Wildman–Crippen LogP) is 1.99. The lowest BCUT2D eigenvalue weighted by Crippen LogP contribution is -2.36. The fourth-order valence-electron chi connectivity index (χ4n) is 3.30. The molecule has 0 radical (unpaired) electrons. The summed E-state index contributed by atoms with van der Waals surface area (Å²) < 4.78 is 41.1. The van der Waals surface area contributed by atoms with Crippen LogP contribution in [0, 0.1) is 5.82 Å². The summed E-state index contributed by atoms with van der Waals surface area (Å²) in [7, 11) is -2.09. The van der Waals surface area contributed by atoms with Gasteiger partial charge in [-0.3, -0.25) is 9.59 Å². The standard InChI is InChI=1S/C20H24FN3O4S/c1-15(16-5-7-17(21)8-6-16)22(2)20(26)14-23-13-18(9-10-19(23)25)29(27,28)24-11-3-4-12-24/h5-10,13,15H,3-4,11-12,14H2,1-2H3/t15-/m0/s1. The summed E-state index contributed by atoms with van der Waals surface area (Å²) in [6.45, 7) is 2.42. The van der Waals surface area contributed by atoms with E-state index in [2.05, 4.69) is 0 Å². The number of amides is 1. The van der Waals surface area contributed by atoms with Crippen LogP contribution < -0.4 is 5.56 Å². The third-order valence-corrected chi connectivity index (χ3v) is 7.17. The van der Waals surface area contributed by atoms with Crippen LogP contribution in [0.1, 0.15) is 31.4 Å². The number of hydrogen-bond donors (Lipinski definition) is 0. The van der Waals surface area contributed by atoms with Gasteiger partial charge in [0, 0.05) is 32.4 Å². The molecule has 1 aromatic carbocycles. The SMILES string of the molecule is C[C@@H](c1ccc(F)cc1)N(C)C(=O)Cn1cc(S(=O)(=O)N2CCCC2)ccc1=O. The summed E-state index contributed by atoms with van der Waals surface area (Å²) >= 11 is 0. The Morgan fingerprint density at radius 3 is 2.38 bits per heavy atom. The molecule has 1 aliphatic heterocycles. The number of sulfonamides is 1. The molecule has 29 heavy (non-hydrogen) atoms. The number of pyridine rings is 1. The molecule has 7 nitrogen and oxygen atoms in total. The molecular weight excluding hydrogens is 397 g/mol. The maximum Gasteiger partial charge on any atom is 0.251 e. The number of aromatic nitrogens is 1. The first-order valence-corrected chi connectivity index (χ1v) is 10.9. The van der Waals surface area contributed by atoms with Crippen molar-refractivity contribution >= 4 is 15.9 Å². The molecule has 2 aromatic rings. The van der Waals surface area contributed by atoms with Crippen molar-refractivity contribution in [1.82, 2.24) is 13.8 Å². The van der Waals surface area contributed by atoms with Gasteiger partial charge in [-0.15, -0.1) is 0 Å². The molecule has 156 valence electrons. The molecule has 3 rings (SSSR count). The van der Waals surface area contributed by atoms with E-state index >= 15 is 0 Å². The molecule has 0 unspecified atom stereocenters. The van der Waals surface area contributed by atoms with E-state index < -0.39 is 15.6 Å². The Kier molecular flexibility index (Phi) is 6.18. The predicted molar refractivity (Wildman–Crippen MR) is 106 cm³/mol. The first-order valence-electron chi connectivity index (χ1n) is 9.42. The largest absolute Gasteiger partial charge is 0.337 e. The average molecular weight is 421 g/mol. The summed E-state index contributed by atoms with van der Waals surface area (Å²) in [5.41, 5.74) is 0.293. The molecule has 0 bridgehead atoms. The van der Waals surface area contributed by atoms with E-state index in [-0.39, 0.29) is 29.2 Å². The quantitative estimate of drug-likeness (QED) is 0.715. The molecule has 1 aromatic heterocycles. The van der Waals surface area contributed by atoms with E-state index in [9.17, 15) is 22.4 Å². The molecule has 0 N–H and O–H groups in total. The number of nitrogens with zero attached hydrogens (tertiary/aromatic N) is 3. The second-order valence-electron chi connectivity index (χ2n) is 7.17. The molecule has 1 amide bonds. The molecule has 9 heteroatoms. The minimum Gasteiger partial charge on any atom is -0.337 e. The van der Waals surface area contributed by atoms with E-state index in [0.29, 0.717) is 13.1 Å². The third kappa shape index (κ3) is 4.56. The van der Waals surface area contributed by atoms with Crippen LogP contribution in [0.2, 0.25) is 0 Å². The third-order valence-electron chi connectivity index (χ3n) is 5.29. The van der Waals surface area contributed by atoms with Crippen molar-refractivity contribution < 1.29 is 17.6 Å². The Hall–Kier alpha value is -2.52. The summed E-state index contributed by atoms with van der Waals surface area (Å²) in [6, 6.07) is 7.94. The topological polar surface area (TPSA) is 79.7 Å². The monoisotopic (exact) mass is 421 g/mol. The Morgan fingerprint density at radius 2 is 1.76 bits per heavy atom. The fourth-order valence-corrected chi connectivity index (χ4v) is 4.84. The lowest BCUT2D eigenvalue weighted by Gasteiger charge is -2.26. The van der Waals surface area contributed by atoms with Crippen molar-refractivity contribution in [2.45, 2.75) is 37.2 Å². The summed E-state index contributed by atoms with van der Waals surface area (Å²) in [5, 5.41) is 0. The number of carbonyl (C=O) groups is 1. The van der Waals surface area contributed by atoms with Gasteiger partial charge in [-0.2, -0.15) is 4.31 Å². The van der Waals surface area contributed by atoms with E-state index in [1.807, 2.05) is 0 Å². The highest BCUT2D eigenvalue weighted by Crippen LogP contribution is 2.21. The lowest BCUT2D eigenvalue weighted by atomic mass is 10.1. The molecule has 1 fully saturated rings. The van der Waals surface area contributed by atoms with Crippen LogP contribution >= 0.6 is 0 Å². The van der Waals surface area contributed by atoms with Crippen LogP contribution in [0.5, 0.6) is 0 Å². The number of halogens is 1.